The summed E-state index contributed by atoms with van der Waals surface area (Å²) in [5.74, 6) is 0.611. The molecular weight excluding hydrogens is 248 g/mol. The highest BCUT2D eigenvalue weighted by molar-refractivity contribution is 5.78. The molecule has 2 rings (SSSR count). The monoisotopic (exact) mass is 272 g/mol. The average molecular weight is 272 g/mol. The van der Waals surface area contributed by atoms with Crippen LogP contribution >= 0.6 is 0 Å². The fourth-order valence-corrected chi connectivity index (χ4v) is 2.54. The number of aryl methyl sites for hydroxylation is 1. The topological polar surface area (TPSA) is 62.0 Å². The number of para-hydroxylation sites is 1. The van der Waals surface area contributed by atoms with Crippen LogP contribution in [0.15, 0.2) is 30.3 Å². The van der Waals surface area contributed by atoms with Gasteiger partial charge in [0.05, 0.1) is 0 Å². The smallest absolute Gasteiger partial charge is 0.0434 e. The molecule has 3 heteroatoms. The van der Waals surface area contributed by atoms with Crippen LogP contribution in [0.5, 0.6) is 0 Å². The number of aromatic amines is 1. The van der Waals surface area contributed by atoms with Crippen molar-refractivity contribution in [2.75, 3.05) is 12.3 Å². The third-order valence-electron chi connectivity index (χ3n) is 3.42. The number of nitrogens with one attached hydrogen (secondary N) is 1. The Hall–Kier alpha value is -1.74. The summed E-state index contributed by atoms with van der Waals surface area (Å²) in [7, 11) is 0. The van der Waals surface area contributed by atoms with E-state index in [-0.39, 0.29) is 6.61 Å². The van der Waals surface area contributed by atoms with Crippen molar-refractivity contribution in [2.45, 2.75) is 33.1 Å². The number of hydrogen-bond donors (Lipinski definition) is 3. The maximum atomic E-state index is 9.06. The van der Waals surface area contributed by atoms with E-state index in [0.29, 0.717) is 5.92 Å². The van der Waals surface area contributed by atoms with Crippen LogP contribution in [-0.4, -0.2) is 16.7 Å². The Labute approximate surface area is 120 Å². The predicted molar refractivity (Wildman–Crippen MR) is 84.6 cm³/mol. The maximum Gasteiger partial charge on any atom is 0.0434 e. The minimum absolute atomic E-state index is 0.211. The molecule has 0 unspecified atom stereocenters. The quantitative estimate of drug-likeness (QED) is 0.706. The van der Waals surface area contributed by atoms with Gasteiger partial charge in [-0.25, -0.2) is 0 Å². The first-order valence-electron chi connectivity index (χ1n) is 7.28. The van der Waals surface area contributed by atoms with Crippen LogP contribution < -0.4 is 5.73 Å². The molecule has 3 nitrogen and oxygen atoms in total. The van der Waals surface area contributed by atoms with Crippen LogP contribution in [0.4, 0.5) is 5.69 Å². The van der Waals surface area contributed by atoms with Crippen LogP contribution in [0.25, 0.3) is 11.1 Å². The Balaban J connectivity index is 2.38. The van der Waals surface area contributed by atoms with Gasteiger partial charge in [-0.1, -0.05) is 32.0 Å². The molecule has 0 atom stereocenters. The molecule has 0 amide bonds. The van der Waals surface area contributed by atoms with Gasteiger partial charge in [-0.05, 0) is 37.3 Å². The van der Waals surface area contributed by atoms with Crippen molar-refractivity contribution in [3.63, 3.8) is 0 Å². The Morgan fingerprint density at radius 3 is 2.60 bits per heavy atom. The molecule has 0 aliphatic heterocycles. The molecule has 1 heterocycles. The van der Waals surface area contributed by atoms with Gasteiger partial charge in [0.2, 0.25) is 0 Å². The van der Waals surface area contributed by atoms with Crippen molar-refractivity contribution in [1.29, 1.82) is 0 Å². The molecule has 108 valence electrons. The zero-order chi connectivity index (χ0) is 14.5. The SMILES string of the molecule is CC(C)Cc1cc(-c2ccccc2N)c(CCCO)[nH]1. The first-order valence-corrected chi connectivity index (χ1v) is 7.28. The molecule has 0 aliphatic carbocycles. The van der Waals surface area contributed by atoms with Crippen molar-refractivity contribution in [2.24, 2.45) is 5.92 Å². The van der Waals surface area contributed by atoms with Gasteiger partial charge >= 0.3 is 0 Å². The normalized spacial score (nSPS) is 11.2. The molecule has 4 N–H and O–H groups in total. The van der Waals surface area contributed by atoms with E-state index in [2.05, 4.69) is 31.0 Å². The number of rotatable bonds is 6. The molecule has 0 radical (unpaired) electrons. The molecule has 0 bridgehead atoms. The number of hydrogen-bond acceptors (Lipinski definition) is 2. The number of aromatic nitrogens is 1. The third-order valence-corrected chi connectivity index (χ3v) is 3.42. The van der Waals surface area contributed by atoms with Gasteiger partial charge in [0.1, 0.15) is 0 Å². The van der Waals surface area contributed by atoms with E-state index in [1.54, 1.807) is 0 Å². The third kappa shape index (κ3) is 3.42. The molecule has 0 aliphatic rings. The molecule has 0 spiro atoms. The van der Waals surface area contributed by atoms with Crippen LogP contribution in [0.3, 0.4) is 0 Å². The minimum atomic E-state index is 0.211. The summed E-state index contributed by atoms with van der Waals surface area (Å²) >= 11 is 0. The van der Waals surface area contributed by atoms with E-state index in [4.69, 9.17) is 10.8 Å². The summed E-state index contributed by atoms with van der Waals surface area (Å²) in [6, 6.07) is 10.2. The van der Waals surface area contributed by atoms with Gasteiger partial charge in [0.25, 0.3) is 0 Å². The molecule has 0 saturated heterocycles. The molecule has 20 heavy (non-hydrogen) atoms. The lowest BCUT2D eigenvalue weighted by atomic mass is 10.0. The molecule has 1 aromatic heterocycles. The number of anilines is 1. The fraction of sp³-hybridized carbons (Fsp3) is 0.412. The molecule has 1 aromatic carbocycles. The summed E-state index contributed by atoms with van der Waals surface area (Å²) in [6.07, 6.45) is 2.64. The first-order chi connectivity index (χ1) is 9.61. The van der Waals surface area contributed by atoms with Crippen LogP contribution in [0.1, 0.15) is 31.7 Å². The van der Waals surface area contributed by atoms with Crippen molar-refractivity contribution < 1.29 is 5.11 Å². The summed E-state index contributed by atoms with van der Waals surface area (Å²) < 4.78 is 0. The number of benzene rings is 1. The van der Waals surface area contributed by atoms with Crippen molar-refractivity contribution in [1.82, 2.24) is 4.98 Å². The molecule has 2 aromatic rings. The van der Waals surface area contributed by atoms with Gasteiger partial charge < -0.3 is 15.8 Å². The lowest BCUT2D eigenvalue weighted by molar-refractivity contribution is 0.288. The molecule has 0 fully saturated rings. The second-order valence-electron chi connectivity index (χ2n) is 5.70. The predicted octanol–water partition coefficient (Wildman–Crippen LogP) is 3.39. The number of aliphatic hydroxyl groups is 1. The summed E-state index contributed by atoms with van der Waals surface area (Å²) in [5.41, 5.74) is 11.6. The lowest BCUT2D eigenvalue weighted by Crippen LogP contribution is -1.96. The van der Waals surface area contributed by atoms with Crippen LogP contribution in [0.2, 0.25) is 0 Å². The van der Waals surface area contributed by atoms with E-state index < -0.39 is 0 Å². The van der Waals surface area contributed by atoms with Crippen molar-refractivity contribution in [3.05, 3.63) is 41.7 Å². The van der Waals surface area contributed by atoms with E-state index in [1.165, 1.54) is 17.0 Å². The van der Waals surface area contributed by atoms with Gasteiger partial charge in [-0.3, -0.25) is 0 Å². The van der Waals surface area contributed by atoms with Crippen LogP contribution in [-0.2, 0) is 12.8 Å². The average Bonchev–Trinajstić information content (AvgIpc) is 2.78. The Morgan fingerprint density at radius 2 is 1.95 bits per heavy atom. The summed E-state index contributed by atoms with van der Waals surface area (Å²) in [4.78, 5) is 3.51. The highest BCUT2D eigenvalue weighted by atomic mass is 16.2. The Morgan fingerprint density at radius 1 is 1.20 bits per heavy atom. The largest absolute Gasteiger partial charge is 0.398 e. The van der Waals surface area contributed by atoms with Gasteiger partial charge in [0.15, 0.2) is 0 Å². The van der Waals surface area contributed by atoms with Gasteiger partial charge in [0, 0.05) is 34.8 Å². The zero-order valence-electron chi connectivity index (χ0n) is 12.3. The molecule has 0 saturated carbocycles. The number of nitrogen functional groups attached to an aromatic ring is 1. The minimum Gasteiger partial charge on any atom is -0.398 e. The van der Waals surface area contributed by atoms with Gasteiger partial charge in [-0.15, -0.1) is 0 Å². The standard InChI is InChI=1S/C17H24N2O/c1-12(2)10-13-11-15(17(19-13)8-5-9-20)14-6-3-4-7-16(14)18/h3-4,6-7,11-12,19-20H,5,8-10,18H2,1-2H3. The summed E-state index contributed by atoms with van der Waals surface area (Å²) in [5, 5.41) is 9.06. The van der Waals surface area contributed by atoms with E-state index >= 15 is 0 Å². The molecular formula is C17H24N2O. The second-order valence-corrected chi connectivity index (χ2v) is 5.70. The number of aliphatic hydroxyl groups excluding tert-OH is 1. The number of H-pyrrole nitrogens is 1. The lowest BCUT2D eigenvalue weighted by Gasteiger charge is -2.06. The van der Waals surface area contributed by atoms with Crippen LogP contribution in [0, 0.1) is 5.92 Å². The van der Waals surface area contributed by atoms with E-state index in [9.17, 15) is 0 Å². The highest BCUT2D eigenvalue weighted by Gasteiger charge is 2.12. The summed E-state index contributed by atoms with van der Waals surface area (Å²) in [6.45, 7) is 4.64. The highest BCUT2D eigenvalue weighted by Crippen LogP contribution is 2.31. The number of nitrogens with two attached hydrogens (primary N) is 1. The van der Waals surface area contributed by atoms with Crippen molar-refractivity contribution in [3.8, 4) is 11.1 Å². The first kappa shape index (κ1) is 14.7. The van der Waals surface area contributed by atoms with E-state index in [1.807, 2.05) is 18.2 Å². The fourth-order valence-electron chi connectivity index (χ4n) is 2.54. The van der Waals surface area contributed by atoms with E-state index in [0.717, 1.165) is 30.5 Å². The Bertz CT molecular complexity index is 558. The van der Waals surface area contributed by atoms with Gasteiger partial charge in [-0.2, -0.15) is 0 Å². The zero-order valence-corrected chi connectivity index (χ0v) is 12.3. The Kier molecular flexibility index (Phi) is 4.85. The van der Waals surface area contributed by atoms with Crippen molar-refractivity contribution >= 4 is 5.69 Å². The maximum absolute atomic E-state index is 9.06. The second kappa shape index (κ2) is 6.62.